The zero-order chi connectivity index (χ0) is 12.0. The third-order valence-electron chi connectivity index (χ3n) is 2.09. The van der Waals surface area contributed by atoms with Crippen LogP contribution in [-0.4, -0.2) is 24.4 Å². The van der Waals surface area contributed by atoms with Gasteiger partial charge in [0.15, 0.2) is 0 Å². The number of hydrogen-bond donors (Lipinski definition) is 3. The van der Waals surface area contributed by atoms with E-state index in [4.69, 9.17) is 11.5 Å². The SMILES string of the molecule is NC(=O)C[C@H](NCCc1cccs1)C(N)=O. The average Bonchev–Trinajstić information content (AvgIpc) is 2.68. The second kappa shape index (κ2) is 6.24. The maximum absolute atomic E-state index is 11.0. The fraction of sp³-hybridized carbons (Fsp3) is 0.400. The molecule has 0 saturated heterocycles. The Morgan fingerprint density at radius 1 is 1.44 bits per heavy atom. The topological polar surface area (TPSA) is 98.2 Å². The molecule has 1 heterocycles. The van der Waals surface area contributed by atoms with Crippen LogP contribution in [0.2, 0.25) is 0 Å². The van der Waals surface area contributed by atoms with Gasteiger partial charge < -0.3 is 16.8 Å². The normalized spacial score (nSPS) is 12.2. The van der Waals surface area contributed by atoms with E-state index in [9.17, 15) is 9.59 Å². The highest BCUT2D eigenvalue weighted by Gasteiger charge is 2.16. The van der Waals surface area contributed by atoms with Crippen molar-refractivity contribution >= 4 is 23.2 Å². The first kappa shape index (κ1) is 12.7. The van der Waals surface area contributed by atoms with E-state index in [-0.39, 0.29) is 6.42 Å². The van der Waals surface area contributed by atoms with Crippen LogP contribution in [0.1, 0.15) is 11.3 Å². The Morgan fingerprint density at radius 3 is 2.69 bits per heavy atom. The number of carbonyl (C=O) groups excluding carboxylic acids is 2. The summed E-state index contributed by atoms with van der Waals surface area (Å²) in [5.74, 6) is -1.09. The van der Waals surface area contributed by atoms with Gasteiger partial charge in [-0.15, -0.1) is 11.3 Å². The predicted octanol–water partition coefficient (Wildman–Crippen LogP) is -0.391. The molecule has 0 saturated carbocycles. The largest absolute Gasteiger partial charge is 0.370 e. The minimum Gasteiger partial charge on any atom is -0.370 e. The highest BCUT2D eigenvalue weighted by Crippen LogP contribution is 2.08. The molecule has 5 N–H and O–H groups in total. The maximum Gasteiger partial charge on any atom is 0.235 e. The Hall–Kier alpha value is -1.40. The quantitative estimate of drug-likeness (QED) is 0.606. The highest BCUT2D eigenvalue weighted by atomic mass is 32.1. The van der Waals surface area contributed by atoms with Crippen LogP contribution in [0.4, 0.5) is 0 Å². The fourth-order valence-corrected chi connectivity index (χ4v) is 2.01. The molecule has 1 aromatic heterocycles. The van der Waals surface area contributed by atoms with Gasteiger partial charge in [-0.3, -0.25) is 9.59 Å². The second-order valence-electron chi connectivity index (χ2n) is 3.41. The number of amides is 2. The van der Waals surface area contributed by atoms with E-state index in [2.05, 4.69) is 5.32 Å². The van der Waals surface area contributed by atoms with Crippen molar-refractivity contribution in [2.75, 3.05) is 6.54 Å². The monoisotopic (exact) mass is 241 g/mol. The standard InChI is InChI=1S/C10H15N3O2S/c11-9(14)6-8(10(12)15)13-4-3-7-2-1-5-16-7/h1-2,5,8,13H,3-4,6H2,(H2,11,14)(H2,12,15)/t8-/m0/s1. The number of carbonyl (C=O) groups is 2. The summed E-state index contributed by atoms with van der Waals surface area (Å²) < 4.78 is 0. The minimum absolute atomic E-state index is 0.0558. The summed E-state index contributed by atoms with van der Waals surface area (Å²) in [6.45, 7) is 0.599. The van der Waals surface area contributed by atoms with E-state index in [0.717, 1.165) is 6.42 Å². The third-order valence-corrected chi connectivity index (χ3v) is 3.03. The average molecular weight is 241 g/mol. The molecule has 1 atom stereocenters. The van der Waals surface area contributed by atoms with Gasteiger partial charge in [-0.05, 0) is 17.9 Å². The summed E-state index contributed by atoms with van der Waals surface area (Å²) in [4.78, 5) is 22.9. The van der Waals surface area contributed by atoms with E-state index in [1.54, 1.807) is 11.3 Å². The molecule has 0 aliphatic heterocycles. The molecule has 0 aromatic carbocycles. The first-order chi connectivity index (χ1) is 7.59. The molecule has 0 bridgehead atoms. The van der Waals surface area contributed by atoms with Gasteiger partial charge in [-0.1, -0.05) is 6.07 Å². The molecule has 16 heavy (non-hydrogen) atoms. The van der Waals surface area contributed by atoms with Crippen LogP contribution >= 0.6 is 11.3 Å². The van der Waals surface area contributed by atoms with Crippen LogP contribution in [0.5, 0.6) is 0 Å². The Balaban J connectivity index is 2.32. The Morgan fingerprint density at radius 2 is 2.19 bits per heavy atom. The summed E-state index contributed by atoms with van der Waals surface area (Å²) in [5.41, 5.74) is 10.2. The molecule has 0 radical (unpaired) electrons. The van der Waals surface area contributed by atoms with Gasteiger partial charge in [-0.25, -0.2) is 0 Å². The molecule has 0 aliphatic rings. The predicted molar refractivity (Wildman–Crippen MR) is 62.8 cm³/mol. The zero-order valence-corrected chi connectivity index (χ0v) is 9.63. The number of primary amides is 2. The van der Waals surface area contributed by atoms with E-state index in [1.807, 2.05) is 17.5 Å². The van der Waals surface area contributed by atoms with Crippen LogP contribution in [0.25, 0.3) is 0 Å². The van der Waals surface area contributed by atoms with Crippen LogP contribution in [-0.2, 0) is 16.0 Å². The van der Waals surface area contributed by atoms with Crippen molar-refractivity contribution in [2.24, 2.45) is 11.5 Å². The van der Waals surface area contributed by atoms with Crippen molar-refractivity contribution in [3.05, 3.63) is 22.4 Å². The Labute approximate surface area is 97.8 Å². The van der Waals surface area contributed by atoms with Crippen molar-refractivity contribution in [1.82, 2.24) is 5.32 Å². The summed E-state index contributed by atoms with van der Waals surface area (Å²) in [7, 11) is 0. The second-order valence-corrected chi connectivity index (χ2v) is 4.44. The number of thiophene rings is 1. The van der Waals surface area contributed by atoms with Gasteiger partial charge in [-0.2, -0.15) is 0 Å². The Kier molecular flexibility index (Phi) is 4.94. The lowest BCUT2D eigenvalue weighted by Crippen LogP contribution is -2.44. The van der Waals surface area contributed by atoms with Crippen LogP contribution < -0.4 is 16.8 Å². The number of nitrogens with two attached hydrogens (primary N) is 2. The highest BCUT2D eigenvalue weighted by molar-refractivity contribution is 7.09. The van der Waals surface area contributed by atoms with Crippen LogP contribution in [0.15, 0.2) is 17.5 Å². The molecule has 2 amide bonds. The molecule has 0 aliphatic carbocycles. The molecule has 0 unspecified atom stereocenters. The van der Waals surface area contributed by atoms with Crippen molar-refractivity contribution in [3.63, 3.8) is 0 Å². The smallest absolute Gasteiger partial charge is 0.235 e. The lowest BCUT2D eigenvalue weighted by molar-refractivity contribution is -0.125. The van der Waals surface area contributed by atoms with Gasteiger partial charge in [0.25, 0.3) is 0 Å². The number of hydrogen-bond acceptors (Lipinski definition) is 4. The van der Waals surface area contributed by atoms with Gasteiger partial charge in [0.05, 0.1) is 12.5 Å². The summed E-state index contributed by atoms with van der Waals surface area (Å²) >= 11 is 1.65. The van der Waals surface area contributed by atoms with Crippen LogP contribution in [0, 0.1) is 0 Å². The van der Waals surface area contributed by atoms with Crippen molar-refractivity contribution in [3.8, 4) is 0 Å². The fourth-order valence-electron chi connectivity index (χ4n) is 1.30. The molecule has 88 valence electrons. The maximum atomic E-state index is 11.0. The molecular weight excluding hydrogens is 226 g/mol. The third kappa shape index (κ3) is 4.41. The van der Waals surface area contributed by atoms with E-state index in [1.165, 1.54) is 4.88 Å². The Bertz CT molecular complexity index is 351. The van der Waals surface area contributed by atoms with Gasteiger partial charge in [0.1, 0.15) is 0 Å². The molecule has 0 fully saturated rings. The van der Waals surface area contributed by atoms with E-state index >= 15 is 0 Å². The molecular formula is C10H15N3O2S. The first-order valence-electron chi connectivity index (χ1n) is 4.93. The lowest BCUT2D eigenvalue weighted by atomic mass is 10.2. The number of rotatable bonds is 7. The first-order valence-corrected chi connectivity index (χ1v) is 5.81. The summed E-state index contributed by atoms with van der Waals surface area (Å²) in [5, 5.41) is 4.91. The van der Waals surface area contributed by atoms with Crippen molar-refractivity contribution in [2.45, 2.75) is 18.9 Å². The van der Waals surface area contributed by atoms with E-state index < -0.39 is 17.9 Å². The minimum atomic E-state index is -0.669. The van der Waals surface area contributed by atoms with Crippen LogP contribution in [0.3, 0.4) is 0 Å². The van der Waals surface area contributed by atoms with Gasteiger partial charge in [0.2, 0.25) is 11.8 Å². The zero-order valence-electron chi connectivity index (χ0n) is 8.81. The van der Waals surface area contributed by atoms with Gasteiger partial charge in [0, 0.05) is 11.4 Å². The van der Waals surface area contributed by atoms with E-state index in [0.29, 0.717) is 6.54 Å². The van der Waals surface area contributed by atoms with Crippen molar-refractivity contribution in [1.29, 1.82) is 0 Å². The summed E-state index contributed by atoms with van der Waals surface area (Å²) in [6.07, 6.45) is 0.750. The molecule has 0 spiro atoms. The molecule has 6 heteroatoms. The molecule has 1 rings (SSSR count). The lowest BCUT2D eigenvalue weighted by Gasteiger charge is -2.12. The number of nitrogens with one attached hydrogen (secondary N) is 1. The van der Waals surface area contributed by atoms with Crippen molar-refractivity contribution < 1.29 is 9.59 Å². The molecule has 5 nitrogen and oxygen atoms in total. The summed E-state index contributed by atoms with van der Waals surface area (Å²) in [6, 6.07) is 3.31. The van der Waals surface area contributed by atoms with Gasteiger partial charge >= 0.3 is 0 Å². The molecule has 1 aromatic rings.